The molecule has 6 heteroatoms. The maximum Gasteiger partial charge on any atom is 0.238 e. The van der Waals surface area contributed by atoms with Crippen molar-refractivity contribution in [2.75, 3.05) is 26.2 Å². The fraction of sp³-hybridized carbons (Fsp3) is 0.500. The zero-order valence-electron chi connectivity index (χ0n) is 11.5. The topological polar surface area (TPSA) is 64.6 Å². The zero-order chi connectivity index (χ0) is 14.5. The molecule has 0 aliphatic carbocycles. The number of phenols is 1. The number of carbonyl (C=O) groups is 1. The van der Waals surface area contributed by atoms with Crippen LogP contribution in [-0.2, 0) is 11.3 Å². The lowest BCUT2D eigenvalue weighted by Crippen LogP contribution is -2.57. The van der Waals surface area contributed by atoms with Crippen LogP contribution in [0.3, 0.4) is 0 Å². The molecule has 1 atom stereocenters. The molecule has 1 aromatic carbocycles. The van der Waals surface area contributed by atoms with Crippen LogP contribution in [0.2, 0.25) is 5.02 Å². The Bertz CT molecular complexity index is 481. The lowest BCUT2D eigenvalue weighted by Gasteiger charge is -2.35. The van der Waals surface area contributed by atoms with Gasteiger partial charge in [0, 0.05) is 32.7 Å². The van der Waals surface area contributed by atoms with Gasteiger partial charge in [0.1, 0.15) is 11.8 Å². The summed E-state index contributed by atoms with van der Waals surface area (Å²) in [6.07, 6.45) is 0. The Morgan fingerprint density at radius 3 is 3.10 bits per heavy atom. The molecule has 1 amide bonds. The first-order valence-electron chi connectivity index (χ1n) is 6.81. The summed E-state index contributed by atoms with van der Waals surface area (Å²) in [6.45, 7) is 5.51. The normalized spacial score (nSPS) is 19.8. The number of piperazine rings is 1. The number of halogens is 1. The van der Waals surface area contributed by atoms with E-state index in [1.165, 1.54) is 0 Å². The Morgan fingerprint density at radius 1 is 1.60 bits per heavy atom. The molecule has 1 unspecified atom stereocenters. The summed E-state index contributed by atoms with van der Waals surface area (Å²) in [7, 11) is 0. The van der Waals surface area contributed by atoms with Crippen molar-refractivity contribution in [1.29, 1.82) is 0 Å². The monoisotopic (exact) mass is 297 g/mol. The second kappa shape index (κ2) is 6.92. The van der Waals surface area contributed by atoms with Crippen LogP contribution in [0, 0.1) is 0 Å². The van der Waals surface area contributed by atoms with Gasteiger partial charge in [-0.2, -0.15) is 0 Å². The van der Waals surface area contributed by atoms with E-state index in [1.807, 2.05) is 13.0 Å². The molecule has 0 aromatic heterocycles. The number of rotatable bonds is 4. The Balaban J connectivity index is 2.08. The number of hydrogen-bond acceptors (Lipinski definition) is 4. The van der Waals surface area contributed by atoms with Crippen molar-refractivity contribution < 1.29 is 9.90 Å². The van der Waals surface area contributed by atoms with Gasteiger partial charge in [-0.05, 0) is 24.6 Å². The van der Waals surface area contributed by atoms with Gasteiger partial charge < -0.3 is 15.7 Å². The number of benzene rings is 1. The lowest BCUT2D eigenvalue weighted by molar-refractivity contribution is -0.127. The van der Waals surface area contributed by atoms with Gasteiger partial charge in [0.05, 0.1) is 5.02 Å². The number of aromatic hydroxyl groups is 1. The van der Waals surface area contributed by atoms with Crippen LogP contribution < -0.4 is 10.6 Å². The number of nitrogens with zero attached hydrogens (tertiary/aromatic N) is 1. The second-order valence-corrected chi connectivity index (χ2v) is 5.28. The number of amides is 1. The van der Waals surface area contributed by atoms with E-state index in [9.17, 15) is 9.90 Å². The highest BCUT2D eigenvalue weighted by molar-refractivity contribution is 6.32. The molecule has 1 heterocycles. The molecule has 1 fully saturated rings. The minimum atomic E-state index is -0.170. The third-order valence-electron chi connectivity index (χ3n) is 3.41. The van der Waals surface area contributed by atoms with Crippen LogP contribution in [0.5, 0.6) is 5.75 Å². The van der Waals surface area contributed by atoms with E-state index < -0.39 is 0 Å². The fourth-order valence-corrected chi connectivity index (χ4v) is 2.57. The molecule has 1 aromatic rings. The average Bonchev–Trinajstić information content (AvgIpc) is 2.44. The predicted octanol–water partition coefficient (Wildman–Crippen LogP) is 0.956. The van der Waals surface area contributed by atoms with Gasteiger partial charge in [0.2, 0.25) is 5.91 Å². The molecule has 0 bridgehead atoms. The predicted molar refractivity (Wildman–Crippen MR) is 78.9 cm³/mol. The first kappa shape index (κ1) is 15.1. The molecule has 0 spiro atoms. The molecular weight excluding hydrogens is 278 g/mol. The van der Waals surface area contributed by atoms with Crippen molar-refractivity contribution in [3.8, 4) is 5.75 Å². The van der Waals surface area contributed by atoms with E-state index >= 15 is 0 Å². The molecular formula is C14H20ClN3O2. The van der Waals surface area contributed by atoms with Crippen LogP contribution in [-0.4, -0.2) is 48.1 Å². The van der Waals surface area contributed by atoms with Crippen molar-refractivity contribution >= 4 is 17.5 Å². The summed E-state index contributed by atoms with van der Waals surface area (Å²) < 4.78 is 0. The molecule has 5 nitrogen and oxygen atoms in total. The van der Waals surface area contributed by atoms with E-state index in [1.54, 1.807) is 12.1 Å². The number of phenolic OH excluding ortho intramolecular Hbond substituents is 1. The van der Waals surface area contributed by atoms with Gasteiger partial charge in [-0.1, -0.05) is 17.7 Å². The van der Waals surface area contributed by atoms with Crippen molar-refractivity contribution in [1.82, 2.24) is 15.5 Å². The van der Waals surface area contributed by atoms with Gasteiger partial charge in [-0.3, -0.25) is 9.69 Å². The van der Waals surface area contributed by atoms with Gasteiger partial charge in [0.25, 0.3) is 0 Å². The summed E-state index contributed by atoms with van der Waals surface area (Å²) >= 11 is 5.92. The van der Waals surface area contributed by atoms with Crippen molar-refractivity contribution in [2.24, 2.45) is 0 Å². The summed E-state index contributed by atoms with van der Waals surface area (Å²) in [5.74, 6) is 0.126. The Morgan fingerprint density at radius 2 is 2.40 bits per heavy atom. The molecule has 20 heavy (non-hydrogen) atoms. The van der Waals surface area contributed by atoms with Crippen LogP contribution in [0.1, 0.15) is 12.5 Å². The number of carbonyl (C=O) groups excluding carboxylic acids is 1. The molecule has 0 radical (unpaired) electrons. The quantitative estimate of drug-likeness (QED) is 0.774. The molecule has 110 valence electrons. The van der Waals surface area contributed by atoms with E-state index in [-0.39, 0.29) is 17.7 Å². The van der Waals surface area contributed by atoms with Crippen LogP contribution in [0.15, 0.2) is 18.2 Å². The van der Waals surface area contributed by atoms with E-state index in [2.05, 4.69) is 15.5 Å². The number of hydrogen-bond donors (Lipinski definition) is 3. The molecule has 0 saturated carbocycles. The summed E-state index contributed by atoms with van der Waals surface area (Å²) in [5.41, 5.74) is 0.990. The van der Waals surface area contributed by atoms with E-state index in [4.69, 9.17) is 11.6 Å². The smallest absolute Gasteiger partial charge is 0.238 e. The largest absolute Gasteiger partial charge is 0.506 e. The Hall–Kier alpha value is -1.30. The standard InChI is InChI=1S/C14H20ClN3O2/c1-2-17-14(20)12-8-16-5-6-18(12)9-10-3-4-13(19)11(15)7-10/h3-4,7,12,16,19H,2,5-6,8-9H2,1H3,(H,17,20). The Kier molecular flexibility index (Phi) is 5.23. The summed E-state index contributed by atoms with van der Waals surface area (Å²) in [4.78, 5) is 14.2. The van der Waals surface area contributed by atoms with Crippen molar-refractivity contribution in [3.63, 3.8) is 0 Å². The van der Waals surface area contributed by atoms with E-state index in [0.717, 1.165) is 18.7 Å². The van der Waals surface area contributed by atoms with Gasteiger partial charge >= 0.3 is 0 Å². The molecule has 1 saturated heterocycles. The zero-order valence-corrected chi connectivity index (χ0v) is 12.3. The molecule has 2 rings (SSSR count). The summed E-state index contributed by atoms with van der Waals surface area (Å²) in [6, 6.07) is 4.99. The number of nitrogens with one attached hydrogen (secondary N) is 2. The van der Waals surface area contributed by atoms with Crippen molar-refractivity contribution in [3.05, 3.63) is 28.8 Å². The van der Waals surface area contributed by atoms with Gasteiger partial charge in [-0.15, -0.1) is 0 Å². The maximum atomic E-state index is 12.1. The van der Waals surface area contributed by atoms with Gasteiger partial charge in [-0.25, -0.2) is 0 Å². The SMILES string of the molecule is CCNC(=O)C1CNCCN1Cc1ccc(O)c(Cl)c1. The molecule has 1 aliphatic heterocycles. The minimum Gasteiger partial charge on any atom is -0.506 e. The molecule has 1 aliphatic rings. The lowest BCUT2D eigenvalue weighted by atomic mass is 10.1. The van der Waals surface area contributed by atoms with Crippen molar-refractivity contribution in [2.45, 2.75) is 19.5 Å². The number of likely N-dealkylation sites (N-methyl/N-ethyl adjacent to an activating group) is 1. The summed E-state index contributed by atoms with van der Waals surface area (Å²) in [5, 5.41) is 15.9. The third kappa shape index (κ3) is 3.62. The maximum absolute atomic E-state index is 12.1. The highest BCUT2D eigenvalue weighted by Gasteiger charge is 2.28. The second-order valence-electron chi connectivity index (χ2n) is 4.87. The minimum absolute atomic E-state index is 0.0459. The Labute approximate surface area is 123 Å². The highest BCUT2D eigenvalue weighted by atomic mass is 35.5. The first-order valence-corrected chi connectivity index (χ1v) is 7.19. The molecule has 3 N–H and O–H groups in total. The third-order valence-corrected chi connectivity index (χ3v) is 3.71. The van der Waals surface area contributed by atoms with Crippen LogP contribution in [0.4, 0.5) is 0 Å². The average molecular weight is 298 g/mol. The highest BCUT2D eigenvalue weighted by Crippen LogP contribution is 2.24. The van der Waals surface area contributed by atoms with Crippen LogP contribution in [0.25, 0.3) is 0 Å². The fourth-order valence-electron chi connectivity index (χ4n) is 2.37. The van der Waals surface area contributed by atoms with Gasteiger partial charge in [0.15, 0.2) is 0 Å². The first-order chi connectivity index (χ1) is 9.61. The van der Waals surface area contributed by atoms with Crippen LogP contribution >= 0.6 is 11.6 Å². The van der Waals surface area contributed by atoms with E-state index in [0.29, 0.717) is 24.7 Å².